The van der Waals surface area contributed by atoms with Crippen molar-refractivity contribution in [3.8, 4) is 11.3 Å². The normalized spacial score (nSPS) is 10.9. The van der Waals surface area contributed by atoms with Gasteiger partial charge < -0.3 is 15.0 Å². The smallest absolute Gasteiger partial charge is 0.308 e. The SMILES string of the molecule is O=C(Nc1cccc(-c2cn3ccccc3n2)c1)Nc1ccc2ccccc2c1. The first-order chi connectivity index (χ1) is 14.2. The summed E-state index contributed by atoms with van der Waals surface area (Å²) in [4.78, 5) is 17.1. The van der Waals surface area contributed by atoms with Crippen molar-refractivity contribution in [3.63, 3.8) is 0 Å². The van der Waals surface area contributed by atoms with Crippen molar-refractivity contribution < 1.29 is 4.79 Å². The van der Waals surface area contributed by atoms with Crippen LogP contribution in [0.2, 0.25) is 0 Å². The number of carbonyl (C=O) groups is 1. The summed E-state index contributed by atoms with van der Waals surface area (Å²) in [6.45, 7) is 0. The van der Waals surface area contributed by atoms with Crippen molar-refractivity contribution in [2.75, 3.05) is 10.6 Å². The molecule has 0 aliphatic carbocycles. The molecule has 0 saturated heterocycles. The van der Waals surface area contributed by atoms with Crippen LogP contribution in [0.3, 0.4) is 0 Å². The zero-order valence-electron chi connectivity index (χ0n) is 15.5. The Balaban J connectivity index is 1.34. The average Bonchev–Trinajstić information content (AvgIpc) is 3.18. The molecule has 29 heavy (non-hydrogen) atoms. The van der Waals surface area contributed by atoms with Crippen LogP contribution < -0.4 is 10.6 Å². The van der Waals surface area contributed by atoms with Crippen LogP contribution in [0.5, 0.6) is 0 Å². The van der Waals surface area contributed by atoms with Gasteiger partial charge in [-0.15, -0.1) is 0 Å². The van der Waals surface area contributed by atoms with Gasteiger partial charge in [0, 0.05) is 29.3 Å². The number of hydrogen-bond acceptors (Lipinski definition) is 2. The Bertz CT molecular complexity index is 1310. The van der Waals surface area contributed by atoms with E-state index in [1.807, 2.05) is 102 Å². The van der Waals surface area contributed by atoms with E-state index in [0.29, 0.717) is 5.69 Å². The quantitative estimate of drug-likeness (QED) is 0.417. The summed E-state index contributed by atoms with van der Waals surface area (Å²) in [6.07, 6.45) is 3.94. The van der Waals surface area contributed by atoms with E-state index < -0.39 is 0 Å². The van der Waals surface area contributed by atoms with Crippen LogP contribution in [0.4, 0.5) is 16.2 Å². The monoisotopic (exact) mass is 378 g/mol. The number of urea groups is 1. The van der Waals surface area contributed by atoms with Gasteiger partial charge in [-0.3, -0.25) is 0 Å². The number of fused-ring (bicyclic) bond motifs is 2. The van der Waals surface area contributed by atoms with Gasteiger partial charge in [0.15, 0.2) is 0 Å². The first-order valence-corrected chi connectivity index (χ1v) is 9.36. The Morgan fingerprint density at radius 3 is 2.41 bits per heavy atom. The lowest BCUT2D eigenvalue weighted by Gasteiger charge is -2.09. The lowest BCUT2D eigenvalue weighted by atomic mass is 10.1. The lowest BCUT2D eigenvalue weighted by Crippen LogP contribution is -2.19. The predicted molar refractivity (Wildman–Crippen MR) is 117 cm³/mol. The molecule has 2 aromatic heterocycles. The van der Waals surface area contributed by atoms with E-state index in [9.17, 15) is 4.79 Å². The molecule has 0 saturated carbocycles. The predicted octanol–water partition coefficient (Wildman–Crippen LogP) is 5.80. The van der Waals surface area contributed by atoms with E-state index in [1.54, 1.807) is 0 Å². The van der Waals surface area contributed by atoms with Gasteiger partial charge >= 0.3 is 6.03 Å². The third-order valence-corrected chi connectivity index (χ3v) is 4.79. The number of carbonyl (C=O) groups excluding carboxylic acids is 1. The van der Waals surface area contributed by atoms with Gasteiger partial charge in [-0.25, -0.2) is 9.78 Å². The molecule has 5 rings (SSSR count). The topological polar surface area (TPSA) is 58.4 Å². The van der Waals surface area contributed by atoms with E-state index in [-0.39, 0.29) is 6.03 Å². The van der Waals surface area contributed by atoms with E-state index in [1.165, 1.54) is 0 Å². The number of pyridine rings is 1. The molecule has 5 nitrogen and oxygen atoms in total. The van der Waals surface area contributed by atoms with Crippen LogP contribution in [-0.4, -0.2) is 15.4 Å². The Morgan fingerprint density at radius 2 is 1.55 bits per heavy atom. The van der Waals surface area contributed by atoms with Crippen LogP contribution in [0, 0.1) is 0 Å². The second kappa shape index (κ2) is 7.13. The van der Waals surface area contributed by atoms with Gasteiger partial charge in [-0.1, -0.05) is 48.5 Å². The highest BCUT2D eigenvalue weighted by molar-refractivity contribution is 6.01. The highest BCUT2D eigenvalue weighted by Gasteiger charge is 2.07. The maximum Gasteiger partial charge on any atom is 0.323 e. The summed E-state index contributed by atoms with van der Waals surface area (Å²) in [7, 11) is 0. The molecular weight excluding hydrogens is 360 g/mol. The largest absolute Gasteiger partial charge is 0.323 e. The van der Waals surface area contributed by atoms with Crippen LogP contribution in [-0.2, 0) is 0 Å². The fourth-order valence-corrected chi connectivity index (χ4v) is 3.39. The second-order valence-electron chi connectivity index (χ2n) is 6.81. The zero-order valence-corrected chi connectivity index (χ0v) is 15.5. The average molecular weight is 378 g/mol. The molecule has 0 radical (unpaired) electrons. The number of benzene rings is 3. The van der Waals surface area contributed by atoms with Crippen LogP contribution >= 0.6 is 0 Å². The molecule has 5 heteroatoms. The van der Waals surface area contributed by atoms with Gasteiger partial charge in [-0.05, 0) is 47.2 Å². The highest BCUT2D eigenvalue weighted by Crippen LogP contribution is 2.23. The summed E-state index contributed by atoms with van der Waals surface area (Å²) in [5, 5.41) is 8.01. The molecule has 5 aromatic rings. The van der Waals surface area contributed by atoms with Crippen molar-refractivity contribution in [1.82, 2.24) is 9.38 Å². The van der Waals surface area contributed by atoms with Crippen molar-refractivity contribution in [3.05, 3.63) is 97.3 Å². The maximum absolute atomic E-state index is 12.5. The molecule has 2 amide bonds. The van der Waals surface area contributed by atoms with Crippen LogP contribution in [0.15, 0.2) is 97.3 Å². The van der Waals surface area contributed by atoms with E-state index >= 15 is 0 Å². The maximum atomic E-state index is 12.5. The van der Waals surface area contributed by atoms with E-state index in [4.69, 9.17) is 0 Å². The number of aromatic nitrogens is 2. The second-order valence-corrected chi connectivity index (χ2v) is 6.81. The molecule has 0 spiro atoms. The van der Waals surface area contributed by atoms with Crippen molar-refractivity contribution in [1.29, 1.82) is 0 Å². The van der Waals surface area contributed by atoms with Crippen molar-refractivity contribution >= 4 is 33.8 Å². The standard InChI is InChI=1S/C24H18N4O/c29-24(26-21-12-11-17-6-1-2-7-18(17)14-21)25-20-9-5-8-19(15-20)22-16-28-13-4-3-10-23(28)27-22/h1-16H,(H2,25,26,29). The molecule has 2 N–H and O–H groups in total. The number of hydrogen-bond donors (Lipinski definition) is 2. The van der Waals surface area contributed by atoms with Gasteiger partial charge in [0.25, 0.3) is 0 Å². The first kappa shape index (κ1) is 17.0. The summed E-state index contributed by atoms with van der Waals surface area (Å²) < 4.78 is 1.97. The Labute approximate surface area is 167 Å². The third-order valence-electron chi connectivity index (χ3n) is 4.79. The summed E-state index contributed by atoms with van der Waals surface area (Å²) in [5.41, 5.74) is 4.14. The van der Waals surface area contributed by atoms with Gasteiger partial charge in [-0.2, -0.15) is 0 Å². The third kappa shape index (κ3) is 3.53. The van der Waals surface area contributed by atoms with E-state index in [0.717, 1.165) is 33.4 Å². The number of imidazole rings is 1. The number of nitrogens with zero attached hydrogens (tertiary/aromatic N) is 2. The first-order valence-electron chi connectivity index (χ1n) is 9.36. The molecule has 0 atom stereocenters. The molecule has 140 valence electrons. The minimum atomic E-state index is -0.285. The minimum Gasteiger partial charge on any atom is -0.308 e. The molecule has 0 unspecified atom stereocenters. The fraction of sp³-hybridized carbons (Fsp3) is 0. The fourth-order valence-electron chi connectivity index (χ4n) is 3.39. The zero-order chi connectivity index (χ0) is 19.6. The summed E-state index contributed by atoms with van der Waals surface area (Å²) >= 11 is 0. The summed E-state index contributed by atoms with van der Waals surface area (Å²) in [5.74, 6) is 0. The minimum absolute atomic E-state index is 0.285. The lowest BCUT2D eigenvalue weighted by molar-refractivity contribution is 0.262. The molecule has 3 aromatic carbocycles. The van der Waals surface area contributed by atoms with Crippen molar-refractivity contribution in [2.24, 2.45) is 0 Å². The molecule has 2 heterocycles. The van der Waals surface area contributed by atoms with Crippen molar-refractivity contribution in [2.45, 2.75) is 0 Å². The highest BCUT2D eigenvalue weighted by atomic mass is 16.2. The molecule has 0 bridgehead atoms. The molecule has 0 fully saturated rings. The Morgan fingerprint density at radius 1 is 0.759 bits per heavy atom. The molecule has 0 aliphatic rings. The van der Waals surface area contributed by atoms with Crippen LogP contribution in [0.1, 0.15) is 0 Å². The van der Waals surface area contributed by atoms with Gasteiger partial charge in [0.1, 0.15) is 5.65 Å². The summed E-state index contributed by atoms with van der Waals surface area (Å²) in [6, 6.07) is 27.2. The number of anilines is 2. The van der Waals surface area contributed by atoms with E-state index in [2.05, 4.69) is 15.6 Å². The number of amides is 2. The Hall–Kier alpha value is -4.12. The number of rotatable bonds is 3. The molecular formula is C24H18N4O. The van der Waals surface area contributed by atoms with Gasteiger partial charge in [0.05, 0.1) is 5.69 Å². The molecule has 0 aliphatic heterocycles. The van der Waals surface area contributed by atoms with Crippen LogP contribution in [0.25, 0.3) is 27.7 Å². The number of nitrogens with one attached hydrogen (secondary N) is 2. The van der Waals surface area contributed by atoms with Gasteiger partial charge in [0.2, 0.25) is 0 Å². The Kier molecular flexibility index (Phi) is 4.18.